The van der Waals surface area contributed by atoms with E-state index in [1.54, 1.807) is 41.0 Å². The van der Waals surface area contributed by atoms with Crippen LogP contribution in [-0.4, -0.2) is 56.3 Å². The Hall–Kier alpha value is -4.09. The molecule has 4 aromatic rings. The molecule has 0 radical (unpaired) electrons. The minimum absolute atomic E-state index is 0.0133. The van der Waals surface area contributed by atoms with Crippen molar-refractivity contribution in [3.63, 3.8) is 0 Å². The summed E-state index contributed by atoms with van der Waals surface area (Å²) in [6.07, 6.45) is 0. The lowest BCUT2D eigenvalue weighted by Gasteiger charge is -2.19. The van der Waals surface area contributed by atoms with Crippen LogP contribution in [0.2, 0.25) is 0 Å². The van der Waals surface area contributed by atoms with Crippen molar-refractivity contribution in [3.05, 3.63) is 111 Å². The summed E-state index contributed by atoms with van der Waals surface area (Å²) in [4.78, 5) is 42.4. The molecule has 1 aliphatic heterocycles. The van der Waals surface area contributed by atoms with E-state index in [4.69, 9.17) is 0 Å². The van der Waals surface area contributed by atoms with E-state index in [0.29, 0.717) is 10.3 Å². The molecule has 1 aliphatic rings. The van der Waals surface area contributed by atoms with Gasteiger partial charge in [0, 0.05) is 10.0 Å². The average molecular weight is 580 g/mol. The van der Waals surface area contributed by atoms with Gasteiger partial charge in [-0.2, -0.15) is 0 Å². The van der Waals surface area contributed by atoms with Gasteiger partial charge in [0.15, 0.2) is 11.6 Å². The van der Waals surface area contributed by atoms with Crippen LogP contribution in [0.4, 0.5) is 8.78 Å². The Bertz CT molecular complexity index is 1560. The van der Waals surface area contributed by atoms with Crippen molar-refractivity contribution in [3.8, 4) is 5.69 Å². The minimum Gasteiger partial charge on any atom is -0.302 e. The number of hydrogen-bond acceptors (Lipinski definition) is 6. The Labute approximate surface area is 224 Å². The molecule has 0 spiro atoms. The zero-order chi connectivity index (χ0) is 27.1. The Morgan fingerprint density at radius 1 is 0.895 bits per heavy atom. The molecule has 0 aliphatic carbocycles. The third kappa shape index (κ3) is 4.44. The van der Waals surface area contributed by atoms with Gasteiger partial charge in [0.25, 0.3) is 11.8 Å². The van der Waals surface area contributed by atoms with Gasteiger partial charge in [0.05, 0.1) is 35.5 Å². The van der Waals surface area contributed by atoms with Gasteiger partial charge in [-0.05, 0) is 56.6 Å². The predicted octanol–water partition coefficient (Wildman–Crippen LogP) is 4.40. The van der Waals surface area contributed by atoms with Crippen molar-refractivity contribution < 1.29 is 23.2 Å². The topological polar surface area (TPSA) is 88.4 Å². The highest BCUT2D eigenvalue weighted by Gasteiger charge is 2.36. The van der Waals surface area contributed by atoms with Crippen LogP contribution in [0.5, 0.6) is 0 Å². The summed E-state index contributed by atoms with van der Waals surface area (Å²) in [5.74, 6) is -3.24. The van der Waals surface area contributed by atoms with Gasteiger partial charge >= 0.3 is 0 Å². The minimum atomic E-state index is -0.993. The number of ketones is 1. The van der Waals surface area contributed by atoms with Crippen molar-refractivity contribution >= 4 is 33.5 Å². The van der Waals surface area contributed by atoms with Gasteiger partial charge in [-0.3, -0.25) is 23.9 Å². The maximum absolute atomic E-state index is 14.6. The number of aromatic nitrogens is 3. The lowest BCUT2D eigenvalue weighted by atomic mass is 10.00. The number of fused-ring (bicyclic) bond motifs is 1. The normalized spacial score (nSPS) is 12.9. The predicted molar refractivity (Wildman–Crippen MR) is 137 cm³/mol. The lowest BCUT2D eigenvalue weighted by Crippen LogP contribution is -2.31. The summed E-state index contributed by atoms with van der Waals surface area (Å²) >= 11 is 3.40. The van der Waals surface area contributed by atoms with Crippen molar-refractivity contribution in [2.24, 2.45) is 0 Å². The van der Waals surface area contributed by atoms with E-state index in [1.165, 1.54) is 12.1 Å². The molecule has 8 nitrogen and oxygen atoms in total. The number of hydrogen-bond donors (Lipinski definition) is 0. The van der Waals surface area contributed by atoms with Crippen molar-refractivity contribution in [1.29, 1.82) is 0 Å². The smallest absolute Gasteiger partial charge is 0.261 e. The first-order valence-corrected chi connectivity index (χ1v) is 12.3. The van der Waals surface area contributed by atoms with Crippen LogP contribution in [0.3, 0.4) is 0 Å². The van der Waals surface area contributed by atoms with E-state index in [9.17, 15) is 23.2 Å². The Balaban J connectivity index is 1.65. The number of halogens is 3. The zero-order valence-electron chi connectivity index (χ0n) is 20.3. The van der Waals surface area contributed by atoms with Gasteiger partial charge in [-0.15, -0.1) is 10.2 Å². The standard InChI is InChI=1S/C27H20BrF2N5O3/c1-33(2)13-22-31-32-23(14-34-26(37)16-6-3-4-7-17(16)27(34)38)35(22)21-12-15(28)10-11-18(21)25(36)24-19(29)8-5-9-20(24)30/h3-12H,13-14H2,1-2H3. The molecule has 2 heterocycles. The van der Waals surface area contributed by atoms with E-state index in [-0.39, 0.29) is 41.3 Å². The maximum atomic E-state index is 14.6. The fourth-order valence-corrected chi connectivity index (χ4v) is 4.72. The fraction of sp³-hybridized carbons (Fsp3) is 0.148. The van der Waals surface area contributed by atoms with E-state index < -0.39 is 34.8 Å². The van der Waals surface area contributed by atoms with Gasteiger partial charge < -0.3 is 4.90 Å². The van der Waals surface area contributed by atoms with Gasteiger partial charge in [-0.25, -0.2) is 8.78 Å². The molecule has 3 aromatic carbocycles. The van der Waals surface area contributed by atoms with Gasteiger partial charge in [0.2, 0.25) is 5.78 Å². The number of imide groups is 1. The monoisotopic (exact) mass is 579 g/mol. The Morgan fingerprint density at radius 2 is 1.50 bits per heavy atom. The molecule has 2 amide bonds. The highest BCUT2D eigenvalue weighted by atomic mass is 79.9. The number of carbonyl (C=O) groups excluding carboxylic acids is 3. The first-order valence-electron chi connectivity index (χ1n) is 11.5. The molecule has 0 bridgehead atoms. The third-order valence-electron chi connectivity index (χ3n) is 6.07. The van der Waals surface area contributed by atoms with E-state index in [0.717, 1.165) is 17.0 Å². The van der Waals surface area contributed by atoms with Crippen molar-refractivity contribution in [2.75, 3.05) is 14.1 Å². The zero-order valence-corrected chi connectivity index (χ0v) is 21.9. The van der Waals surface area contributed by atoms with E-state index in [1.807, 2.05) is 19.0 Å². The molecule has 0 atom stereocenters. The van der Waals surface area contributed by atoms with E-state index >= 15 is 0 Å². The number of amides is 2. The first-order chi connectivity index (χ1) is 18.2. The van der Waals surface area contributed by atoms with Crippen LogP contribution in [0.15, 0.2) is 65.1 Å². The summed E-state index contributed by atoms with van der Waals surface area (Å²) in [5.41, 5.74) is 0.0946. The highest BCUT2D eigenvalue weighted by molar-refractivity contribution is 9.10. The third-order valence-corrected chi connectivity index (χ3v) is 6.56. The molecule has 0 N–H and O–H groups in total. The molecular formula is C27H20BrF2N5O3. The summed E-state index contributed by atoms with van der Waals surface area (Å²) < 4.78 is 31.3. The number of rotatable bonds is 7. The lowest BCUT2D eigenvalue weighted by molar-refractivity contribution is 0.0637. The summed E-state index contributed by atoms with van der Waals surface area (Å²) in [6, 6.07) is 14.3. The van der Waals surface area contributed by atoms with Crippen LogP contribution < -0.4 is 0 Å². The molecule has 11 heteroatoms. The second kappa shape index (κ2) is 9.99. The SMILES string of the molecule is CN(C)Cc1nnc(CN2C(=O)c3ccccc3C2=O)n1-c1cc(Br)ccc1C(=O)c1c(F)cccc1F. The molecule has 1 aromatic heterocycles. The van der Waals surface area contributed by atoms with Gasteiger partial charge in [0.1, 0.15) is 11.6 Å². The summed E-state index contributed by atoms with van der Waals surface area (Å²) in [5, 5.41) is 8.50. The fourth-order valence-electron chi connectivity index (χ4n) is 4.37. The number of nitrogens with zero attached hydrogens (tertiary/aromatic N) is 5. The molecule has 0 fully saturated rings. The second-order valence-corrected chi connectivity index (χ2v) is 9.85. The number of carbonyl (C=O) groups is 3. The van der Waals surface area contributed by atoms with Crippen LogP contribution in [0, 0.1) is 11.6 Å². The summed E-state index contributed by atoms with van der Waals surface area (Å²) in [7, 11) is 3.62. The Kier molecular flexibility index (Phi) is 6.72. The average Bonchev–Trinajstić information content (AvgIpc) is 3.37. The van der Waals surface area contributed by atoms with Crippen molar-refractivity contribution in [2.45, 2.75) is 13.1 Å². The molecule has 0 saturated carbocycles. The highest BCUT2D eigenvalue weighted by Crippen LogP contribution is 2.29. The number of benzene rings is 3. The van der Waals surface area contributed by atoms with E-state index in [2.05, 4.69) is 26.1 Å². The molecule has 5 rings (SSSR count). The van der Waals surface area contributed by atoms with Crippen LogP contribution >= 0.6 is 15.9 Å². The maximum Gasteiger partial charge on any atom is 0.261 e. The van der Waals surface area contributed by atoms with Crippen molar-refractivity contribution in [1.82, 2.24) is 24.6 Å². The first kappa shape index (κ1) is 25.6. The molecule has 192 valence electrons. The molecule has 0 saturated heterocycles. The largest absolute Gasteiger partial charge is 0.302 e. The van der Waals surface area contributed by atoms with Gasteiger partial charge in [-0.1, -0.05) is 34.1 Å². The summed E-state index contributed by atoms with van der Waals surface area (Å²) in [6.45, 7) is 0.0459. The second-order valence-electron chi connectivity index (χ2n) is 8.93. The van der Waals surface area contributed by atoms with Crippen LogP contribution in [0.1, 0.15) is 48.3 Å². The van der Waals surface area contributed by atoms with Crippen LogP contribution in [0.25, 0.3) is 5.69 Å². The Morgan fingerprint density at radius 3 is 2.11 bits per heavy atom. The van der Waals surface area contributed by atoms with Crippen LogP contribution in [-0.2, 0) is 13.1 Å². The quantitative estimate of drug-likeness (QED) is 0.238. The molecular weight excluding hydrogens is 560 g/mol. The molecule has 0 unspecified atom stereocenters. The molecule has 38 heavy (non-hydrogen) atoms.